The predicted octanol–water partition coefficient (Wildman–Crippen LogP) is 0.819. The van der Waals surface area contributed by atoms with E-state index in [-0.39, 0.29) is 10.8 Å². The summed E-state index contributed by atoms with van der Waals surface area (Å²) in [5.41, 5.74) is 0. The number of fused-ring (bicyclic) bond motifs is 1. The lowest BCUT2D eigenvalue weighted by molar-refractivity contribution is 0.379. The van der Waals surface area contributed by atoms with E-state index in [0.717, 1.165) is 0 Å². The summed E-state index contributed by atoms with van der Waals surface area (Å²) in [7, 11) is -1.69. The quantitative estimate of drug-likeness (QED) is 0.673. The zero-order valence-electron chi connectivity index (χ0n) is 6.98. The van der Waals surface area contributed by atoms with E-state index in [9.17, 15) is 8.42 Å². The van der Waals surface area contributed by atoms with Gasteiger partial charge in [-0.3, -0.25) is 0 Å². The highest BCUT2D eigenvalue weighted by atomic mass is 32.2. The first-order valence-corrected chi connectivity index (χ1v) is 5.32. The molecule has 1 aliphatic rings. The summed E-state index contributed by atoms with van der Waals surface area (Å²) in [6.45, 7) is 0. The zero-order chi connectivity index (χ0) is 9.47. The number of benzene rings is 1. The first-order chi connectivity index (χ1) is 6.13. The first kappa shape index (κ1) is 8.37. The molecule has 0 bridgehead atoms. The third kappa shape index (κ3) is 1.25. The summed E-state index contributed by atoms with van der Waals surface area (Å²) in [4.78, 5) is 0.244. The number of rotatable bonds is 1. The minimum absolute atomic E-state index is 0.244. The van der Waals surface area contributed by atoms with Crippen LogP contribution in [0.4, 0.5) is 0 Å². The van der Waals surface area contributed by atoms with Gasteiger partial charge >= 0.3 is 0 Å². The highest BCUT2D eigenvalue weighted by Crippen LogP contribution is 2.34. The fraction of sp³-hybridized carbons (Fsp3) is 0.250. The van der Waals surface area contributed by atoms with E-state index in [0.29, 0.717) is 11.5 Å². The highest BCUT2D eigenvalue weighted by molar-refractivity contribution is 7.91. The van der Waals surface area contributed by atoms with E-state index in [1.54, 1.807) is 12.1 Å². The molecule has 0 aliphatic carbocycles. The summed E-state index contributed by atoms with van der Waals surface area (Å²) >= 11 is 0. The maximum absolute atomic E-state index is 11.3. The van der Waals surface area contributed by atoms with Crippen LogP contribution in [0, 0.1) is 0 Å². The highest BCUT2D eigenvalue weighted by Gasteiger charge is 2.27. The molecule has 1 aromatic rings. The Hall–Kier alpha value is -1.23. The molecule has 0 spiro atoms. The second-order valence-electron chi connectivity index (χ2n) is 2.69. The Labute approximate surface area is 76.0 Å². The van der Waals surface area contributed by atoms with Crippen LogP contribution in [0.2, 0.25) is 0 Å². The molecular weight excluding hydrogens is 192 g/mol. The normalized spacial score (nSPS) is 17.6. The van der Waals surface area contributed by atoms with Crippen molar-refractivity contribution < 1.29 is 17.9 Å². The van der Waals surface area contributed by atoms with Crippen molar-refractivity contribution >= 4 is 9.84 Å². The number of sulfone groups is 1. The molecule has 2 rings (SSSR count). The lowest BCUT2D eigenvalue weighted by Crippen LogP contribution is -2.01. The average molecular weight is 200 g/mol. The van der Waals surface area contributed by atoms with E-state index in [1.807, 2.05) is 0 Å². The van der Waals surface area contributed by atoms with Gasteiger partial charge < -0.3 is 9.47 Å². The van der Waals surface area contributed by atoms with Gasteiger partial charge in [0.15, 0.2) is 5.94 Å². The molecule has 70 valence electrons. The van der Waals surface area contributed by atoms with Gasteiger partial charge in [0.05, 0.1) is 7.11 Å². The fourth-order valence-electron chi connectivity index (χ4n) is 1.19. The van der Waals surface area contributed by atoms with Crippen molar-refractivity contribution in [2.75, 3.05) is 13.0 Å². The number of hydrogen-bond donors (Lipinski definition) is 0. The lowest BCUT2D eigenvalue weighted by Gasteiger charge is -2.00. The molecule has 1 aromatic carbocycles. The van der Waals surface area contributed by atoms with E-state index < -0.39 is 9.84 Å². The van der Waals surface area contributed by atoms with Crippen molar-refractivity contribution in [3.63, 3.8) is 0 Å². The monoisotopic (exact) mass is 200 g/mol. The minimum Gasteiger partial charge on any atom is -0.497 e. The second kappa shape index (κ2) is 2.63. The van der Waals surface area contributed by atoms with Crippen LogP contribution >= 0.6 is 0 Å². The van der Waals surface area contributed by atoms with E-state index in [4.69, 9.17) is 9.47 Å². The van der Waals surface area contributed by atoms with Gasteiger partial charge in [0.25, 0.3) is 0 Å². The summed E-state index contributed by atoms with van der Waals surface area (Å²) in [5, 5.41) is 0. The summed E-state index contributed by atoms with van der Waals surface area (Å²) in [6, 6.07) is 4.67. The molecule has 0 fully saturated rings. The molecule has 4 nitrogen and oxygen atoms in total. The van der Waals surface area contributed by atoms with Gasteiger partial charge in [-0.1, -0.05) is 0 Å². The molecule has 0 saturated heterocycles. The first-order valence-electron chi connectivity index (χ1n) is 3.67. The lowest BCUT2D eigenvalue weighted by atomic mass is 10.3. The van der Waals surface area contributed by atoms with Crippen molar-refractivity contribution in [3.8, 4) is 11.5 Å². The molecule has 13 heavy (non-hydrogen) atoms. The Morgan fingerprint density at radius 3 is 2.92 bits per heavy atom. The molecule has 1 aliphatic heterocycles. The Kier molecular flexibility index (Phi) is 1.69. The maximum atomic E-state index is 11.3. The molecular formula is C8H8O4S. The van der Waals surface area contributed by atoms with Crippen molar-refractivity contribution in [1.29, 1.82) is 0 Å². The van der Waals surface area contributed by atoms with Gasteiger partial charge in [0, 0.05) is 6.07 Å². The summed E-state index contributed by atoms with van der Waals surface area (Å²) in [5.74, 6) is 0.699. The van der Waals surface area contributed by atoms with E-state index >= 15 is 0 Å². The molecule has 0 amide bonds. The molecule has 0 N–H and O–H groups in total. The van der Waals surface area contributed by atoms with Crippen molar-refractivity contribution in [3.05, 3.63) is 18.2 Å². The Morgan fingerprint density at radius 1 is 1.46 bits per heavy atom. The molecule has 0 unspecified atom stereocenters. The molecule has 0 atom stereocenters. The SMILES string of the molecule is COc1ccc2c(c1)OCS2(=O)=O. The van der Waals surface area contributed by atoms with Gasteiger partial charge in [0.1, 0.15) is 16.4 Å². The van der Waals surface area contributed by atoms with Crippen LogP contribution in [0.25, 0.3) is 0 Å². The van der Waals surface area contributed by atoms with Gasteiger partial charge in [-0.15, -0.1) is 0 Å². The molecule has 5 heteroatoms. The molecule has 0 radical (unpaired) electrons. The molecule has 0 saturated carbocycles. The largest absolute Gasteiger partial charge is 0.497 e. The van der Waals surface area contributed by atoms with E-state index in [1.165, 1.54) is 13.2 Å². The number of ether oxygens (including phenoxy) is 2. The van der Waals surface area contributed by atoms with Crippen LogP contribution in [0.3, 0.4) is 0 Å². The van der Waals surface area contributed by atoms with Crippen LogP contribution in [0.15, 0.2) is 23.1 Å². The Morgan fingerprint density at radius 2 is 2.23 bits per heavy atom. The smallest absolute Gasteiger partial charge is 0.216 e. The number of methoxy groups -OCH3 is 1. The third-order valence-electron chi connectivity index (χ3n) is 1.86. The standard InChI is InChI=1S/C8H8O4S/c1-11-6-2-3-8-7(4-6)12-5-13(8,9)10/h2-4H,5H2,1H3. The van der Waals surface area contributed by atoms with Gasteiger partial charge in [-0.25, -0.2) is 8.42 Å². The number of hydrogen-bond acceptors (Lipinski definition) is 4. The van der Waals surface area contributed by atoms with Crippen molar-refractivity contribution in [2.45, 2.75) is 4.90 Å². The molecule has 0 aromatic heterocycles. The van der Waals surface area contributed by atoms with Crippen molar-refractivity contribution in [1.82, 2.24) is 0 Å². The Bertz CT molecular complexity index is 435. The van der Waals surface area contributed by atoms with Gasteiger partial charge in [-0.2, -0.15) is 0 Å². The predicted molar refractivity (Wildman–Crippen MR) is 45.7 cm³/mol. The van der Waals surface area contributed by atoms with Crippen LogP contribution in [0.1, 0.15) is 0 Å². The zero-order valence-corrected chi connectivity index (χ0v) is 7.80. The van der Waals surface area contributed by atoms with E-state index in [2.05, 4.69) is 0 Å². The van der Waals surface area contributed by atoms with Crippen molar-refractivity contribution in [2.24, 2.45) is 0 Å². The summed E-state index contributed by atoms with van der Waals surface area (Å²) < 4.78 is 32.5. The van der Waals surface area contributed by atoms with Crippen LogP contribution in [0.5, 0.6) is 11.5 Å². The van der Waals surface area contributed by atoms with Crippen LogP contribution in [-0.2, 0) is 9.84 Å². The van der Waals surface area contributed by atoms with Crippen LogP contribution in [-0.4, -0.2) is 21.5 Å². The average Bonchev–Trinajstić information content (AvgIpc) is 2.42. The fourth-order valence-corrected chi connectivity index (χ4v) is 2.30. The topological polar surface area (TPSA) is 52.6 Å². The second-order valence-corrected chi connectivity index (χ2v) is 4.59. The summed E-state index contributed by atoms with van der Waals surface area (Å²) in [6.07, 6.45) is 0. The maximum Gasteiger partial charge on any atom is 0.216 e. The van der Waals surface area contributed by atoms with Gasteiger partial charge in [0.2, 0.25) is 9.84 Å². The third-order valence-corrected chi connectivity index (χ3v) is 3.29. The molecule has 1 heterocycles. The van der Waals surface area contributed by atoms with Crippen LogP contribution < -0.4 is 9.47 Å². The van der Waals surface area contributed by atoms with Gasteiger partial charge in [-0.05, 0) is 12.1 Å². The minimum atomic E-state index is -3.21. The Balaban J connectivity index is 2.59.